The number of nitrogens with one attached hydrogen (secondary N) is 1. The predicted octanol–water partition coefficient (Wildman–Crippen LogP) is 0.402. The molecule has 1 saturated carbocycles. The highest BCUT2D eigenvalue weighted by atomic mass is 16.5. The summed E-state index contributed by atoms with van der Waals surface area (Å²) in [6, 6.07) is 0.267. The van der Waals surface area contributed by atoms with Crippen molar-refractivity contribution in [3.63, 3.8) is 0 Å². The van der Waals surface area contributed by atoms with Gasteiger partial charge in [0.2, 0.25) is 11.9 Å². The summed E-state index contributed by atoms with van der Waals surface area (Å²) in [7, 11) is 3.48. The van der Waals surface area contributed by atoms with E-state index in [1.807, 2.05) is 11.9 Å². The second-order valence-electron chi connectivity index (χ2n) is 4.27. The molecular formula is C10H18N6O. The average molecular weight is 238 g/mol. The largest absolute Gasteiger partial charge is 0.467 e. The SMILES string of the molecule is COc1nc(NN)nc(N(C)CC2CCC2)n1. The van der Waals surface area contributed by atoms with Gasteiger partial charge in [-0.1, -0.05) is 6.42 Å². The maximum Gasteiger partial charge on any atom is 0.322 e. The van der Waals surface area contributed by atoms with Crippen LogP contribution in [0.1, 0.15) is 19.3 Å². The molecular weight excluding hydrogens is 220 g/mol. The first-order valence-corrected chi connectivity index (χ1v) is 5.70. The van der Waals surface area contributed by atoms with Gasteiger partial charge >= 0.3 is 6.01 Å². The molecule has 1 heterocycles. The lowest BCUT2D eigenvalue weighted by molar-refractivity contribution is 0.319. The summed E-state index contributed by atoms with van der Waals surface area (Å²) in [5.74, 6) is 6.94. The number of hydrogen-bond donors (Lipinski definition) is 2. The summed E-state index contributed by atoms with van der Waals surface area (Å²) < 4.78 is 5.01. The van der Waals surface area contributed by atoms with E-state index in [-0.39, 0.29) is 6.01 Å². The van der Waals surface area contributed by atoms with Crippen LogP contribution in [0.25, 0.3) is 0 Å². The standard InChI is InChI=1S/C10H18N6O/c1-16(6-7-4-3-5-7)9-12-8(15-11)13-10(14-9)17-2/h7H,3-6,11H2,1-2H3,(H,12,13,14,15). The third-order valence-corrected chi connectivity index (χ3v) is 3.01. The van der Waals surface area contributed by atoms with Gasteiger partial charge in [-0.05, 0) is 18.8 Å². The molecule has 7 nitrogen and oxygen atoms in total. The number of hydrazine groups is 1. The van der Waals surface area contributed by atoms with Crippen LogP contribution >= 0.6 is 0 Å². The van der Waals surface area contributed by atoms with Crippen molar-refractivity contribution in [3.8, 4) is 6.01 Å². The topological polar surface area (TPSA) is 89.2 Å². The van der Waals surface area contributed by atoms with Gasteiger partial charge in [0, 0.05) is 13.6 Å². The molecule has 1 aromatic rings. The molecule has 7 heteroatoms. The molecule has 1 aliphatic carbocycles. The number of anilines is 2. The average Bonchev–Trinajstić information content (AvgIpc) is 2.32. The lowest BCUT2D eigenvalue weighted by Crippen LogP contribution is -2.31. The zero-order chi connectivity index (χ0) is 12.3. The summed E-state index contributed by atoms with van der Waals surface area (Å²) >= 11 is 0. The zero-order valence-electron chi connectivity index (χ0n) is 10.2. The Morgan fingerprint density at radius 3 is 2.71 bits per heavy atom. The quantitative estimate of drug-likeness (QED) is 0.567. The number of nitrogens with two attached hydrogens (primary N) is 1. The Balaban J connectivity index is 2.11. The van der Waals surface area contributed by atoms with Gasteiger partial charge in [0.25, 0.3) is 0 Å². The van der Waals surface area contributed by atoms with Crippen LogP contribution in [0.15, 0.2) is 0 Å². The Morgan fingerprint density at radius 2 is 2.18 bits per heavy atom. The second-order valence-corrected chi connectivity index (χ2v) is 4.27. The lowest BCUT2D eigenvalue weighted by Gasteiger charge is -2.30. The van der Waals surface area contributed by atoms with Crippen LogP contribution in [0.2, 0.25) is 0 Å². The molecule has 2 rings (SSSR count). The Labute approximate surface area is 100 Å². The van der Waals surface area contributed by atoms with E-state index in [1.165, 1.54) is 26.4 Å². The first-order chi connectivity index (χ1) is 8.22. The number of rotatable bonds is 5. The molecule has 0 amide bonds. The van der Waals surface area contributed by atoms with Crippen LogP contribution in [0, 0.1) is 5.92 Å². The van der Waals surface area contributed by atoms with Crippen molar-refractivity contribution in [2.75, 3.05) is 31.0 Å². The van der Waals surface area contributed by atoms with Gasteiger partial charge < -0.3 is 9.64 Å². The fourth-order valence-electron chi connectivity index (χ4n) is 1.82. The van der Waals surface area contributed by atoms with E-state index in [0.29, 0.717) is 11.9 Å². The molecule has 0 aliphatic heterocycles. The van der Waals surface area contributed by atoms with Crippen molar-refractivity contribution in [1.82, 2.24) is 15.0 Å². The van der Waals surface area contributed by atoms with Gasteiger partial charge in [0.1, 0.15) is 0 Å². The maximum atomic E-state index is 5.30. The number of aromatic nitrogens is 3. The number of ether oxygens (including phenoxy) is 1. The molecule has 0 spiro atoms. The Hall–Kier alpha value is -1.63. The van der Waals surface area contributed by atoms with Crippen LogP contribution in [0.5, 0.6) is 6.01 Å². The molecule has 17 heavy (non-hydrogen) atoms. The van der Waals surface area contributed by atoms with E-state index in [9.17, 15) is 0 Å². The molecule has 3 N–H and O–H groups in total. The summed E-state index contributed by atoms with van der Waals surface area (Å²) in [6.07, 6.45) is 3.90. The number of nitrogens with zero attached hydrogens (tertiary/aromatic N) is 4. The number of nitrogen functional groups attached to an aromatic ring is 1. The molecule has 94 valence electrons. The molecule has 0 bridgehead atoms. The highest BCUT2D eigenvalue weighted by Crippen LogP contribution is 2.27. The van der Waals surface area contributed by atoms with Crippen LogP contribution in [-0.2, 0) is 0 Å². The van der Waals surface area contributed by atoms with Gasteiger partial charge in [-0.3, -0.25) is 5.43 Å². The molecule has 0 saturated heterocycles. The molecule has 0 aromatic carbocycles. The van der Waals surface area contributed by atoms with E-state index in [4.69, 9.17) is 10.6 Å². The summed E-state index contributed by atoms with van der Waals surface area (Å²) in [4.78, 5) is 14.4. The van der Waals surface area contributed by atoms with Gasteiger partial charge in [-0.25, -0.2) is 5.84 Å². The van der Waals surface area contributed by atoms with E-state index in [1.54, 1.807) is 0 Å². The van der Waals surface area contributed by atoms with Crippen molar-refractivity contribution in [3.05, 3.63) is 0 Å². The normalized spacial score (nSPS) is 15.2. The van der Waals surface area contributed by atoms with E-state index >= 15 is 0 Å². The first-order valence-electron chi connectivity index (χ1n) is 5.70. The van der Waals surface area contributed by atoms with E-state index in [2.05, 4.69) is 20.4 Å². The summed E-state index contributed by atoms with van der Waals surface area (Å²) in [6.45, 7) is 0.956. The van der Waals surface area contributed by atoms with Crippen LogP contribution in [0.3, 0.4) is 0 Å². The summed E-state index contributed by atoms with van der Waals surface area (Å²) in [5.41, 5.74) is 2.41. The Kier molecular flexibility index (Phi) is 3.58. The van der Waals surface area contributed by atoms with Crippen LogP contribution < -0.4 is 20.9 Å². The minimum absolute atomic E-state index is 0.267. The number of methoxy groups -OCH3 is 1. The monoisotopic (exact) mass is 238 g/mol. The van der Waals surface area contributed by atoms with E-state index in [0.717, 1.165) is 12.5 Å². The highest BCUT2D eigenvalue weighted by Gasteiger charge is 2.21. The van der Waals surface area contributed by atoms with Gasteiger partial charge in [-0.15, -0.1) is 0 Å². The molecule has 0 unspecified atom stereocenters. The third-order valence-electron chi connectivity index (χ3n) is 3.01. The van der Waals surface area contributed by atoms with Crippen LogP contribution in [0.4, 0.5) is 11.9 Å². The minimum atomic E-state index is 0.267. The second kappa shape index (κ2) is 5.13. The fourth-order valence-corrected chi connectivity index (χ4v) is 1.82. The third kappa shape index (κ3) is 2.73. The molecule has 0 atom stereocenters. The Morgan fingerprint density at radius 1 is 1.41 bits per heavy atom. The maximum absolute atomic E-state index is 5.30. The van der Waals surface area contributed by atoms with E-state index < -0.39 is 0 Å². The van der Waals surface area contributed by atoms with Gasteiger partial charge in [0.05, 0.1) is 7.11 Å². The van der Waals surface area contributed by atoms with Crippen molar-refractivity contribution < 1.29 is 4.74 Å². The zero-order valence-corrected chi connectivity index (χ0v) is 10.2. The lowest BCUT2D eigenvalue weighted by atomic mass is 9.85. The van der Waals surface area contributed by atoms with Gasteiger partial charge in [0.15, 0.2) is 0 Å². The van der Waals surface area contributed by atoms with Crippen molar-refractivity contribution in [1.29, 1.82) is 0 Å². The predicted molar refractivity (Wildman–Crippen MR) is 64.8 cm³/mol. The van der Waals surface area contributed by atoms with Gasteiger partial charge in [-0.2, -0.15) is 15.0 Å². The van der Waals surface area contributed by atoms with Crippen LogP contribution in [-0.4, -0.2) is 35.7 Å². The molecule has 1 aliphatic rings. The first kappa shape index (κ1) is 11.8. The van der Waals surface area contributed by atoms with Crippen molar-refractivity contribution in [2.45, 2.75) is 19.3 Å². The Bertz CT molecular complexity index is 359. The smallest absolute Gasteiger partial charge is 0.322 e. The van der Waals surface area contributed by atoms with Crippen molar-refractivity contribution >= 4 is 11.9 Å². The van der Waals surface area contributed by atoms with Crippen molar-refractivity contribution in [2.24, 2.45) is 11.8 Å². The molecule has 0 radical (unpaired) electrons. The molecule has 1 fully saturated rings. The number of hydrogen-bond acceptors (Lipinski definition) is 7. The fraction of sp³-hybridized carbons (Fsp3) is 0.700. The molecule has 1 aromatic heterocycles. The minimum Gasteiger partial charge on any atom is -0.467 e. The highest BCUT2D eigenvalue weighted by molar-refractivity contribution is 5.37. The summed E-state index contributed by atoms with van der Waals surface area (Å²) in [5, 5.41) is 0.